The molecule has 0 unspecified atom stereocenters. The smallest absolute Gasteiger partial charge is 0 e. The van der Waals surface area contributed by atoms with E-state index >= 15 is 0 Å². The zero-order valence-electron chi connectivity index (χ0n) is 5.44. The second-order valence-corrected chi connectivity index (χ2v) is 1.03. The van der Waals surface area contributed by atoms with Crippen molar-refractivity contribution in [2.75, 3.05) is 0 Å². The van der Waals surface area contributed by atoms with Crippen LogP contribution in [0.3, 0.4) is 0 Å². The quantitative estimate of drug-likeness (QED) is 0.290. The van der Waals surface area contributed by atoms with Crippen LogP contribution in [0.1, 0.15) is 0 Å². The summed E-state index contributed by atoms with van der Waals surface area (Å²) in [6, 6.07) is 0. The van der Waals surface area contributed by atoms with Crippen LogP contribution in [-0.4, -0.2) is 0 Å². The summed E-state index contributed by atoms with van der Waals surface area (Å²) in [6.45, 7) is 6.66. The van der Waals surface area contributed by atoms with Crippen LogP contribution < -0.4 is 0 Å². The van der Waals surface area contributed by atoms with Crippen molar-refractivity contribution >= 4 is 0 Å². The summed E-state index contributed by atoms with van der Waals surface area (Å²) in [4.78, 5) is 0. The first kappa shape index (κ1) is 11.7. The van der Waals surface area contributed by atoms with E-state index in [1.165, 1.54) is 6.08 Å². The van der Waals surface area contributed by atoms with Gasteiger partial charge in [-0.25, -0.2) is 17.6 Å². The molecule has 0 atom stereocenters. The zero-order valence-corrected chi connectivity index (χ0v) is 6.84. The van der Waals surface area contributed by atoms with Crippen molar-refractivity contribution < 1.29 is 18.6 Å². The number of rotatable bonds is 0. The van der Waals surface area contributed by atoms with Gasteiger partial charge in [0.25, 0.3) is 0 Å². The van der Waals surface area contributed by atoms with Gasteiger partial charge in [0.2, 0.25) is 0 Å². The molecular formula is C9H5V-. The Morgan fingerprint density at radius 2 is 2.10 bits per heavy atom. The van der Waals surface area contributed by atoms with Gasteiger partial charge in [0.15, 0.2) is 0 Å². The van der Waals surface area contributed by atoms with Crippen LogP contribution >= 0.6 is 0 Å². The summed E-state index contributed by atoms with van der Waals surface area (Å²) >= 11 is 0. The molecule has 1 radical (unpaired) electrons. The van der Waals surface area contributed by atoms with E-state index in [1.54, 1.807) is 0 Å². The minimum atomic E-state index is 0. The minimum Gasteiger partial charge on any atom is -0.224 e. The standard InChI is InChI=1S/C9H5.V/c1-3-5-7-9-8-6-4-2;/h3H,1-2H2;/q-1;. The van der Waals surface area contributed by atoms with Gasteiger partial charge in [0.05, 0.1) is 0 Å². The third-order valence-corrected chi connectivity index (χ3v) is 0.450. The van der Waals surface area contributed by atoms with Crippen molar-refractivity contribution in [3.05, 3.63) is 42.5 Å². The molecule has 0 fully saturated rings. The fourth-order valence-electron chi connectivity index (χ4n) is 0.194. The fourth-order valence-corrected chi connectivity index (χ4v) is 0.194. The summed E-state index contributed by atoms with van der Waals surface area (Å²) in [5.74, 6) is 5.07. The van der Waals surface area contributed by atoms with Crippen molar-refractivity contribution in [2.24, 2.45) is 0 Å². The second kappa shape index (κ2) is 10.9. The van der Waals surface area contributed by atoms with Gasteiger partial charge in [-0.15, -0.1) is 12.3 Å². The van der Waals surface area contributed by atoms with Gasteiger partial charge >= 0.3 is 0 Å². The van der Waals surface area contributed by atoms with Gasteiger partial charge in [-0.05, 0) is 0 Å². The molecule has 1 heteroatoms. The Hall–Kier alpha value is -1.04. The molecular weight excluding hydrogens is 159 g/mol. The van der Waals surface area contributed by atoms with E-state index < -0.39 is 0 Å². The van der Waals surface area contributed by atoms with Crippen LogP contribution in [0.4, 0.5) is 0 Å². The molecule has 10 heavy (non-hydrogen) atoms. The topological polar surface area (TPSA) is 0 Å². The van der Waals surface area contributed by atoms with Gasteiger partial charge in [-0.2, -0.15) is 5.73 Å². The molecule has 0 aromatic carbocycles. The first-order valence-electron chi connectivity index (χ1n) is 2.30. The Morgan fingerprint density at radius 1 is 1.40 bits per heavy atom. The van der Waals surface area contributed by atoms with Gasteiger partial charge in [-0.3, -0.25) is 0 Å². The van der Waals surface area contributed by atoms with E-state index in [-0.39, 0.29) is 18.6 Å². The van der Waals surface area contributed by atoms with Crippen LogP contribution in [0.15, 0.2) is 36.4 Å². The first-order valence-corrected chi connectivity index (χ1v) is 2.30. The molecule has 0 rings (SSSR count). The summed E-state index contributed by atoms with van der Waals surface area (Å²) in [5, 5.41) is 0. The maximum Gasteiger partial charge on any atom is 0 e. The monoisotopic (exact) mass is 164 g/mol. The van der Waals surface area contributed by atoms with Gasteiger partial charge in [0.1, 0.15) is 0 Å². The van der Waals surface area contributed by atoms with Crippen LogP contribution in [0, 0.1) is 17.9 Å². The van der Waals surface area contributed by atoms with Crippen molar-refractivity contribution in [3.8, 4) is 11.8 Å². The largest absolute Gasteiger partial charge is 0.224 e. The third-order valence-electron chi connectivity index (χ3n) is 0.450. The minimum absolute atomic E-state index is 0. The molecule has 0 nitrogen and oxygen atoms in total. The van der Waals surface area contributed by atoms with Crippen LogP contribution in [0.2, 0.25) is 0 Å². The summed E-state index contributed by atoms with van der Waals surface area (Å²) in [6.07, 6.45) is 3.97. The molecule has 0 amide bonds. The summed E-state index contributed by atoms with van der Waals surface area (Å²) < 4.78 is 0. The zero-order chi connectivity index (χ0) is 6.95. The van der Waals surface area contributed by atoms with Crippen LogP contribution in [0.5, 0.6) is 0 Å². The van der Waals surface area contributed by atoms with Crippen molar-refractivity contribution in [3.63, 3.8) is 0 Å². The molecule has 0 spiro atoms. The molecule has 0 saturated carbocycles. The summed E-state index contributed by atoms with van der Waals surface area (Å²) in [7, 11) is 0. The van der Waals surface area contributed by atoms with Crippen molar-refractivity contribution in [1.29, 1.82) is 0 Å². The van der Waals surface area contributed by atoms with Gasteiger partial charge in [-0.1, -0.05) is 18.7 Å². The predicted molar refractivity (Wildman–Crippen MR) is 37.4 cm³/mol. The number of hydrogen-bond donors (Lipinski definition) is 0. The SMILES string of the molecule is C=C=C=C=[C-]C#CC=C.[V]. The second-order valence-electron chi connectivity index (χ2n) is 1.03. The Kier molecular flexibility index (Phi) is 12.7. The normalized spacial score (nSPS) is 4.00. The van der Waals surface area contributed by atoms with Crippen molar-refractivity contribution in [1.82, 2.24) is 0 Å². The average Bonchev–Trinajstić information content (AvgIpc) is 1.89. The van der Waals surface area contributed by atoms with E-state index in [0.29, 0.717) is 0 Å². The van der Waals surface area contributed by atoms with E-state index in [2.05, 4.69) is 48.3 Å². The Balaban J connectivity index is 0. The van der Waals surface area contributed by atoms with E-state index in [0.717, 1.165) is 0 Å². The molecule has 47 valence electrons. The number of hydrogen-bond acceptors (Lipinski definition) is 0. The third kappa shape index (κ3) is 10.1. The van der Waals surface area contributed by atoms with E-state index in [1.807, 2.05) is 0 Å². The molecule has 0 saturated heterocycles. The predicted octanol–water partition coefficient (Wildman–Crippen LogP) is 1.63. The van der Waals surface area contributed by atoms with E-state index in [4.69, 9.17) is 0 Å². The van der Waals surface area contributed by atoms with Gasteiger partial charge < -0.3 is 0 Å². The molecule has 0 aromatic rings. The maximum atomic E-state index is 3.39. The fraction of sp³-hybridized carbons (Fsp3) is 0. The average molecular weight is 164 g/mol. The Morgan fingerprint density at radius 3 is 2.60 bits per heavy atom. The Bertz CT molecular complexity index is 257. The molecule has 0 aliphatic rings. The molecule has 0 aliphatic carbocycles. The molecule has 0 aromatic heterocycles. The molecule has 0 bridgehead atoms. The molecule has 0 heterocycles. The van der Waals surface area contributed by atoms with Gasteiger partial charge in [0, 0.05) is 18.6 Å². The number of allylic oxidation sites excluding steroid dienone is 2. The van der Waals surface area contributed by atoms with E-state index in [9.17, 15) is 0 Å². The first-order chi connectivity index (χ1) is 4.41. The summed E-state index contributed by atoms with van der Waals surface area (Å²) in [5.41, 5.74) is 7.30. The maximum absolute atomic E-state index is 3.39. The Labute approximate surface area is 73.2 Å². The van der Waals surface area contributed by atoms with Crippen LogP contribution in [-0.2, 0) is 18.6 Å². The van der Waals surface area contributed by atoms with Crippen molar-refractivity contribution in [2.45, 2.75) is 0 Å². The van der Waals surface area contributed by atoms with Crippen LogP contribution in [0.25, 0.3) is 0 Å². The molecule has 0 aliphatic heterocycles. The molecule has 0 N–H and O–H groups in total.